The Balaban J connectivity index is 1.23. The summed E-state index contributed by atoms with van der Waals surface area (Å²) in [7, 11) is 0. The highest BCUT2D eigenvalue weighted by atomic mass is 16.2. The third kappa shape index (κ3) is 3.67. The highest BCUT2D eigenvalue weighted by molar-refractivity contribution is 5.92. The van der Waals surface area contributed by atoms with Gasteiger partial charge in [0.2, 0.25) is 18.2 Å². The molecule has 2 atom stereocenters. The maximum absolute atomic E-state index is 12.5. The van der Waals surface area contributed by atoms with Crippen LogP contribution in [0.25, 0.3) is 10.9 Å². The van der Waals surface area contributed by atoms with E-state index in [0.29, 0.717) is 39.1 Å². The molecule has 7 heteroatoms. The molecule has 1 aliphatic heterocycles. The van der Waals surface area contributed by atoms with Gasteiger partial charge in [0, 0.05) is 49.8 Å². The van der Waals surface area contributed by atoms with Crippen LogP contribution in [0.4, 0.5) is 0 Å². The van der Waals surface area contributed by atoms with Crippen molar-refractivity contribution in [3.05, 3.63) is 36.0 Å². The van der Waals surface area contributed by atoms with E-state index in [1.54, 1.807) is 9.80 Å². The third-order valence-corrected chi connectivity index (χ3v) is 5.59. The van der Waals surface area contributed by atoms with Crippen LogP contribution in [0, 0.1) is 11.8 Å². The van der Waals surface area contributed by atoms with Gasteiger partial charge in [-0.15, -0.1) is 0 Å². The van der Waals surface area contributed by atoms with Crippen LogP contribution >= 0.6 is 0 Å². The number of rotatable bonds is 6. The molecule has 1 aromatic carbocycles. The predicted molar refractivity (Wildman–Crippen MR) is 101 cm³/mol. The van der Waals surface area contributed by atoms with Crippen LogP contribution in [-0.2, 0) is 20.8 Å². The Bertz CT molecular complexity index is 854. The first kappa shape index (κ1) is 17.6. The molecule has 1 aromatic heterocycles. The zero-order valence-electron chi connectivity index (χ0n) is 15.2. The van der Waals surface area contributed by atoms with E-state index in [-0.39, 0.29) is 23.7 Å². The maximum Gasteiger partial charge on any atom is 0.226 e. The molecule has 1 aliphatic carbocycles. The lowest BCUT2D eigenvalue weighted by Crippen LogP contribution is -2.48. The average Bonchev–Trinajstić information content (AvgIpc) is 3.42. The van der Waals surface area contributed by atoms with Gasteiger partial charge in [-0.2, -0.15) is 0 Å². The molecule has 2 aromatic rings. The topological polar surface area (TPSA) is 85.5 Å². The standard InChI is InChI=1S/C20H24N4O3/c25-13-23-7-9-24(10-8-23)20(27)17-11-16(17)19(26)21-6-5-14-12-22-18-4-2-1-3-15(14)18/h1-4,12-13,16-17,22H,5-11H2,(H,21,26). The molecule has 0 radical (unpaired) electrons. The molecule has 2 heterocycles. The fraction of sp³-hybridized carbons (Fsp3) is 0.450. The minimum Gasteiger partial charge on any atom is -0.361 e. The zero-order valence-corrected chi connectivity index (χ0v) is 15.2. The first-order chi connectivity index (χ1) is 13.2. The number of benzene rings is 1. The van der Waals surface area contributed by atoms with Crippen LogP contribution in [0.15, 0.2) is 30.5 Å². The van der Waals surface area contributed by atoms with Gasteiger partial charge in [-0.25, -0.2) is 0 Å². The summed E-state index contributed by atoms with van der Waals surface area (Å²) in [6.45, 7) is 2.83. The molecule has 0 bridgehead atoms. The van der Waals surface area contributed by atoms with Crippen molar-refractivity contribution < 1.29 is 14.4 Å². The fourth-order valence-electron chi connectivity index (χ4n) is 3.83. The predicted octanol–water partition coefficient (Wildman–Crippen LogP) is 0.763. The van der Waals surface area contributed by atoms with Crippen LogP contribution in [0.1, 0.15) is 12.0 Å². The lowest BCUT2D eigenvalue weighted by molar-refractivity contribution is -0.137. The van der Waals surface area contributed by atoms with Crippen molar-refractivity contribution in [2.75, 3.05) is 32.7 Å². The van der Waals surface area contributed by atoms with Crippen molar-refractivity contribution in [3.63, 3.8) is 0 Å². The molecule has 0 spiro atoms. The van der Waals surface area contributed by atoms with Gasteiger partial charge in [0.25, 0.3) is 0 Å². The van der Waals surface area contributed by atoms with Crippen LogP contribution in [0.3, 0.4) is 0 Å². The number of aromatic nitrogens is 1. The zero-order chi connectivity index (χ0) is 18.8. The number of hydrogen-bond acceptors (Lipinski definition) is 3. The SMILES string of the molecule is O=CN1CCN(C(=O)C2CC2C(=O)NCCc2c[nH]c3ccccc23)CC1. The number of nitrogens with zero attached hydrogens (tertiary/aromatic N) is 2. The summed E-state index contributed by atoms with van der Waals surface area (Å²) in [6.07, 6.45) is 4.20. The first-order valence-electron chi connectivity index (χ1n) is 9.48. The van der Waals surface area contributed by atoms with Crippen LogP contribution in [0.2, 0.25) is 0 Å². The quantitative estimate of drug-likeness (QED) is 0.739. The van der Waals surface area contributed by atoms with Crippen molar-refractivity contribution in [2.45, 2.75) is 12.8 Å². The normalized spacial score (nSPS) is 21.9. The average molecular weight is 368 g/mol. The number of carbonyl (C=O) groups excluding carboxylic acids is 3. The fourth-order valence-corrected chi connectivity index (χ4v) is 3.83. The Labute approximate surface area is 157 Å². The number of aromatic amines is 1. The van der Waals surface area contributed by atoms with Gasteiger partial charge in [-0.1, -0.05) is 18.2 Å². The van der Waals surface area contributed by atoms with Crippen LogP contribution in [-0.4, -0.2) is 65.7 Å². The van der Waals surface area contributed by atoms with E-state index in [9.17, 15) is 14.4 Å². The molecule has 4 rings (SSSR count). The van der Waals surface area contributed by atoms with Crippen LogP contribution in [0.5, 0.6) is 0 Å². The molecule has 7 nitrogen and oxygen atoms in total. The molecular weight excluding hydrogens is 344 g/mol. The van der Waals surface area contributed by atoms with Gasteiger partial charge >= 0.3 is 0 Å². The summed E-state index contributed by atoms with van der Waals surface area (Å²) in [5, 5.41) is 4.15. The highest BCUT2D eigenvalue weighted by Gasteiger charge is 2.49. The van der Waals surface area contributed by atoms with Crippen molar-refractivity contribution >= 4 is 29.1 Å². The molecular formula is C20H24N4O3. The number of hydrogen-bond donors (Lipinski definition) is 2. The summed E-state index contributed by atoms with van der Waals surface area (Å²) >= 11 is 0. The van der Waals surface area contributed by atoms with Gasteiger partial charge < -0.3 is 20.1 Å². The van der Waals surface area contributed by atoms with Gasteiger partial charge in [-0.3, -0.25) is 14.4 Å². The van der Waals surface area contributed by atoms with E-state index in [1.807, 2.05) is 24.4 Å². The number of amides is 3. The Kier molecular flexibility index (Phi) is 4.83. The van der Waals surface area contributed by atoms with Crippen molar-refractivity contribution in [3.8, 4) is 0 Å². The van der Waals surface area contributed by atoms with E-state index in [4.69, 9.17) is 0 Å². The van der Waals surface area contributed by atoms with Gasteiger partial charge in [0.05, 0.1) is 11.8 Å². The molecule has 142 valence electrons. The summed E-state index contributed by atoms with van der Waals surface area (Å²) < 4.78 is 0. The van der Waals surface area contributed by atoms with Gasteiger partial charge in [-0.05, 0) is 24.5 Å². The smallest absolute Gasteiger partial charge is 0.226 e. The number of carbonyl (C=O) groups is 3. The molecule has 27 heavy (non-hydrogen) atoms. The first-order valence-corrected chi connectivity index (χ1v) is 9.48. The summed E-state index contributed by atoms with van der Waals surface area (Å²) in [6, 6.07) is 8.11. The van der Waals surface area contributed by atoms with Crippen molar-refractivity contribution in [1.29, 1.82) is 0 Å². The van der Waals surface area contributed by atoms with E-state index < -0.39 is 0 Å². The summed E-state index contributed by atoms with van der Waals surface area (Å²) in [5.41, 5.74) is 2.28. The second-order valence-corrected chi connectivity index (χ2v) is 7.32. The molecule has 2 N–H and O–H groups in total. The van der Waals surface area contributed by atoms with E-state index in [0.717, 1.165) is 18.3 Å². The van der Waals surface area contributed by atoms with Crippen molar-refractivity contribution in [1.82, 2.24) is 20.1 Å². The Morgan fingerprint density at radius 3 is 2.70 bits per heavy atom. The molecule has 2 unspecified atom stereocenters. The van der Waals surface area contributed by atoms with Gasteiger partial charge in [0.15, 0.2) is 0 Å². The lowest BCUT2D eigenvalue weighted by Gasteiger charge is -2.32. The Morgan fingerprint density at radius 2 is 1.93 bits per heavy atom. The summed E-state index contributed by atoms with van der Waals surface area (Å²) in [4.78, 5) is 42.3. The van der Waals surface area contributed by atoms with E-state index in [2.05, 4.69) is 16.4 Å². The minimum atomic E-state index is -0.204. The summed E-state index contributed by atoms with van der Waals surface area (Å²) in [5.74, 6) is -0.373. The molecule has 2 aliphatic rings. The number of H-pyrrole nitrogens is 1. The number of para-hydroxylation sites is 1. The highest BCUT2D eigenvalue weighted by Crippen LogP contribution is 2.40. The third-order valence-electron chi connectivity index (χ3n) is 5.59. The molecule has 3 amide bonds. The number of fused-ring (bicyclic) bond motifs is 1. The molecule has 1 saturated heterocycles. The molecule has 2 fully saturated rings. The molecule has 1 saturated carbocycles. The lowest BCUT2D eigenvalue weighted by atomic mass is 10.1. The largest absolute Gasteiger partial charge is 0.361 e. The van der Waals surface area contributed by atoms with E-state index in [1.165, 1.54) is 10.9 Å². The second-order valence-electron chi connectivity index (χ2n) is 7.32. The number of piperazine rings is 1. The van der Waals surface area contributed by atoms with Crippen molar-refractivity contribution in [2.24, 2.45) is 11.8 Å². The Morgan fingerprint density at radius 1 is 1.15 bits per heavy atom. The van der Waals surface area contributed by atoms with Crippen LogP contribution < -0.4 is 5.32 Å². The second kappa shape index (κ2) is 7.42. The number of nitrogens with one attached hydrogen (secondary N) is 2. The maximum atomic E-state index is 12.5. The van der Waals surface area contributed by atoms with Gasteiger partial charge in [0.1, 0.15) is 0 Å². The Hall–Kier alpha value is -2.83. The van der Waals surface area contributed by atoms with E-state index >= 15 is 0 Å². The monoisotopic (exact) mass is 368 g/mol. The minimum absolute atomic E-state index is 0.0280.